The van der Waals surface area contributed by atoms with Crippen molar-refractivity contribution in [1.29, 1.82) is 0 Å². The fraction of sp³-hybridized carbons (Fsp3) is 0.235. The second kappa shape index (κ2) is 6.04. The standard InChI is InChI=1S/C17H16FN5O2/c1-10-15(16(25-22-10)11-3-4-11)21-17(24)20-13-9-12(18)5-6-14(13)23-8-2-7-19-23/h2,5-9,11H,3-4H2,1H3,(H2,20,21,24). The normalized spacial score (nSPS) is 13.7. The Labute approximate surface area is 142 Å². The number of carbonyl (C=O) groups is 1. The van der Waals surface area contributed by atoms with E-state index >= 15 is 0 Å². The summed E-state index contributed by atoms with van der Waals surface area (Å²) in [5, 5.41) is 13.5. The molecule has 0 atom stereocenters. The lowest BCUT2D eigenvalue weighted by Crippen LogP contribution is -2.21. The molecule has 0 unspecified atom stereocenters. The molecule has 1 aliphatic rings. The van der Waals surface area contributed by atoms with E-state index in [9.17, 15) is 9.18 Å². The van der Waals surface area contributed by atoms with Gasteiger partial charge in [0.1, 0.15) is 17.2 Å². The van der Waals surface area contributed by atoms with Gasteiger partial charge in [0.2, 0.25) is 0 Å². The smallest absolute Gasteiger partial charge is 0.323 e. The van der Waals surface area contributed by atoms with E-state index in [0.29, 0.717) is 34.4 Å². The first-order chi connectivity index (χ1) is 12.1. The van der Waals surface area contributed by atoms with Gasteiger partial charge in [-0.15, -0.1) is 0 Å². The quantitative estimate of drug-likeness (QED) is 0.755. The van der Waals surface area contributed by atoms with Crippen molar-refractivity contribution in [3.8, 4) is 5.69 Å². The van der Waals surface area contributed by atoms with Crippen LogP contribution >= 0.6 is 0 Å². The number of aromatic nitrogens is 3. The van der Waals surface area contributed by atoms with Gasteiger partial charge < -0.3 is 15.2 Å². The molecule has 8 heteroatoms. The van der Waals surface area contributed by atoms with Crippen molar-refractivity contribution >= 4 is 17.4 Å². The van der Waals surface area contributed by atoms with Gasteiger partial charge in [0.05, 0.1) is 11.4 Å². The number of carbonyl (C=O) groups excluding carboxylic acids is 1. The first-order valence-corrected chi connectivity index (χ1v) is 7.95. The summed E-state index contributed by atoms with van der Waals surface area (Å²) >= 11 is 0. The van der Waals surface area contributed by atoms with Gasteiger partial charge in [-0.3, -0.25) is 0 Å². The third kappa shape index (κ3) is 3.10. The van der Waals surface area contributed by atoms with Crippen molar-refractivity contribution < 1.29 is 13.7 Å². The van der Waals surface area contributed by atoms with Crippen LogP contribution in [0.4, 0.5) is 20.6 Å². The third-order valence-corrected chi connectivity index (χ3v) is 4.03. The second-order valence-corrected chi connectivity index (χ2v) is 5.97. The fourth-order valence-electron chi connectivity index (χ4n) is 2.65. The number of benzene rings is 1. The zero-order chi connectivity index (χ0) is 17.4. The fourth-order valence-corrected chi connectivity index (χ4v) is 2.65. The summed E-state index contributed by atoms with van der Waals surface area (Å²) in [5.74, 6) is 0.551. The van der Waals surface area contributed by atoms with Crippen LogP contribution in [0, 0.1) is 12.7 Å². The van der Waals surface area contributed by atoms with Crippen molar-refractivity contribution in [3.63, 3.8) is 0 Å². The molecular formula is C17H16FN5O2. The molecule has 0 spiro atoms. The number of anilines is 2. The van der Waals surface area contributed by atoms with Crippen molar-refractivity contribution in [3.05, 3.63) is 53.9 Å². The second-order valence-electron chi connectivity index (χ2n) is 5.97. The maximum atomic E-state index is 13.6. The minimum atomic E-state index is -0.493. The lowest BCUT2D eigenvalue weighted by Gasteiger charge is -2.12. The first kappa shape index (κ1) is 15.4. The van der Waals surface area contributed by atoms with E-state index in [0.717, 1.165) is 12.8 Å². The van der Waals surface area contributed by atoms with Crippen LogP contribution in [0.1, 0.15) is 30.2 Å². The van der Waals surface area contributed by atoms with E-state index in [4.69, 9.17) is 4.52 Å². The maximum Gasteiger partial charge on any atom is 0.323 e. The summed E-state index contributed by atoms with van der Waals surface area (Å²) in [6.07, 6.45) is 5.37. The number of urea groups is 1. The Morgan fingerprint density at radius 3 is 2.92 bits per heavy atom. The minimum absolute atomic E-state index is 0.309. The van der Waals surface area contributed by atoms with E-state index < -0.39 is 11.8 Å². The van der Waals surface area contributed by atoms with Gasteiger partial charge in [-0.05, 0) is 44.0 Å². The molecule has 0 saturated heterocycles. The van der Waals surface area contributed by atoms with E-state index in [1.165, 1.54) is 12.1 Å². The molecule has 25 heavy (non-hydrogen) atoms. The molecule has 0 aliphatic heterocycles. The Morgan fingerprint density at radius 2 is 2.20 bits per heavy atom. The first-order valence-electron chi connectivity index (χ1n) is 7.95. The number of rotatable bonds is 4. The highest BCUT2D eigenvalue weighted by atomic mass is 19.1. The van der Waals surface area contributed by atoms with Gasteiger partial charge in [0.15, 0.2) is 5.76 Å². The molecule has 2 amide bonds. The number of halogens is 1. The van der Waals surface area contributed by atoms with Crippen LogP contribution in [0.5, 0.6) is 0 Å². The molecule has 4 rings (SSSR count). The molecule has 2 aromatic heterocycles. The SMILES string of the molecule is Cc1noc(C2CC2)c1NC(=O)Nc1cc(F)ccc1-n1cccn1. The highest BCUT2D eigenvalue weighted by molar-refractivity contribution is 6.01. The van der Waals surface area contributed by atoms with E-state index in [2.05, 4.69) is 20.9 Å². The monoisotopic (exact) mass is 341 g/mol. The Balaban J connectivity index is 1.57. The van der Waals surface area contributed by atoms with Gasteiger partial charge in [-0.25, -0.2) is 13.9 Å². The Kier molecular flexibility index (Phi) is 3.72. The van der Waals surface area contributed by atoms with Crippen molar-refractivity contribution in [2.24, 2.45) is 0 Å². The zero-order valence-electron chi connectivity index (χ0n) is 13.5. The van der Waals surface area contributed by atoms with Crippen LogP contribution in [0.2, 0.25) is 0 Å². The molecule has 0 radical (unpaired) electrons. The summed E-state index contributed by atoms with van der Waals surface area (Å²) in [6.45, 7) is 1.77. The number of hydrogen-bond acceptors (Lipinski definition) is 4. The van der Waals surface area contributed by atoms with Crippen LogP contribution in [0.3, 0.4) is 0 Å². The molecule has 2 heterocycles. The zero-order valence-corrected chi connectivity index (χ0v) is 13.5. The lowest BCUT2D eigenvalue weighted by atomic mass is 10.2. The topological polar surface area (TPSA) is 85.0 Å². The maximum absolute atomic E-state index is 13.6. The predicted molar refractivity (Wildman–Crippen MR) is 89.4 cm³/mol. The molecule has 1 saturated carbocycles. The molecule has 1 aromatic carbocycles. The molecule has 1 aliphatic carbocycles. The molecule has 3 aromatic rings. The van der Waals surface area contributed by atoms with Crippen molar-refractivity contribution in [2.75, 3.05) is 10.6 Å². The van der Waals surface area contributed by atoms with Crippen LogP contribution < -0.4 is 10.6 Å². The molecule has 2 N–H and O–H groups in total. The van der Waals surface area contributed by atoms with Crippen LogP contribution in [0.25, 0.3) is 5.69 Å². The average molecular weight is 341 g/mol. The van der Waals surface area contributed by atoms with Crippen molar-refractivity contribution in [1.82, 2.24) is 14.9 Å². The van der Waals surface area contributed by atoms with Gasteiger partial charge in [-0.1, -0.05) is 5.16 Å². The number of hydrogen-bond donors (Lipinski definition) is 2. The average Bonchev–Trinajstić information content (AvgIpc) is 3.15. The lowest BCUT2D eigenvalue weighted by molar-refractivity contribution is 0.262. The summed E-state index contributed by atoms with van der Waals surface area (Å²) in [7, 11) is 0. The number of aryl methyl sites for hydroxylation is 1. The van der Waals surface area contributed by atoms with Gasteiger partial charge >= 0.3 is 6.03 Å². The highest BCUT2D eigenvalue weighted by Crippen LogP contribution is 2.44. The summed E-state index contributed by atoms with van der Waals surface area (Å²) < 4.78 is 20.5. The van der Waals surface area contributed by atoms with Crippen LogP contribution in [-0.4, -0.2) is 21.0 Å². The van der Waals surface area contributed by atoms with Gasteiger partial charge in [-0.2, -0.15) is 5.10 Å². The van der Waals surface area contributed by atoms with Gasteiger partial charge in [0, 0.05) is 18.3 Å². The molecule has 0 bridgehead atoms. The van der Waals surface area contributed by atoms with Crippen LogP contribution in [-0.2, 0) is 0 Å². The summed E-state index contributed by atoms with van der Waals surface area (Å²) in [4.78, 5) is 12.4. The molecular weight excluding hydrogens is 325 g/mol. The highest BCUT2D eigenvalue weighted by Gasteiger charge is 2.32. The number of nitrogens with zero attached hydrogens (tertiary/aromatic N) is 3. The summed E-state index contributed by atoms with van der Waals surface area (Å²) in [6, 6.07) is 5.37. The summed E-state index contributed by atoms with van der Waals surface area (Å²) in [5.41, 5.74) is 2.06. The van der Waals surface area contributed by atoms with Crippen LogP contribution in [0.15, 0.2) is 41.2 Å². The van der Waals surface area contributed by atoms with Gasteiger partial charge in [0.25, 0.3) is 0 Å². The van der Waals surface area contributed by atoms with E-state index in [1.54, 1.807) is 36.1 Å². The third-order valence-electron chi connectivity index (χ3n) is 4.03. The number of nitrogens with one attached hydrogen (secondary N) is 2. The molecule has 128 valence electrons. The Morgan fingerprint density at radius 1 is 1.36 bits per heavy atom. The Bertz CT molecular complexity index is 915. The van der Waals surface area contributed by atoms with E-state index in [-0.39, 0.29) is 0 Å². The molecule has 1 fully saturated rings. The number of amides is 2. The predicted octanol–water partition coefficient (Wildman–Crippen LogP) is 3.83. The largest absolute Gasteiger partial charge is 0.359 e. The Hall–Kier alpha value is -3.16. The minimum Gasteiger partial charge on any atom is -0.359 e. The van der Waals surface area contributed by atoms with Crippen molar-refractivity contribution in [2.45, 2.75) is 25.7 Å². The molecule has 7 nitrogen and oxygen atoms in total. The van der Waals surface area contributed by atoms with E-state index in [1.807, 2.05) is 0 Å².